The summed E-state index contributed by atoms with van der Waals surface area (Å²) in [6, 6.07) is 11.5. The zero-order valence-corrected chi connectivity index (χ0v) is 27.8. The highest BCUT2D eigenvalue weighted by Gasteiger charge is 2.66. The average molecular weight is 664 g/mol. The minimum Gasteiger partial charge on any atom is -0.432 e. The second-order valence-electron chi connectivity index (χ2n) is 13.3. The van der Waals surface area contributed by atoms with E-state index in [1.165, 1.54) is 12.1 Å². The number of ether oxygens (including phenoxy) is 1. The van der Waals surface area contributed by atoms with E-state index < -0.39 is 30.9 Å². The Morgan fingerprint density at radius 2 is 2.02 bits per heavy atom. The van der Waals surface area contributed by atoms with Crippen molar-refractivity contribution in [2.75, 3.05) is 23.4 Å². The van der Waals surface area contributed by atoms with Gasteiger partial charge in [-0.3, -0.25) is 24.4 Å². The van der Waals surface area contributed by atoms with Crippen LogP contribution in [0, 0.1) is 16.0 Å². The molecule has 0 aliphatic carbocycles. The van der Waals surface area contributed by atoms with Crippen molar-refractivity contribution in [1.82, 2.24) is 20.3 Å². The van der Waals surface area contributed by atoms with Crippen LogP contribution in [0.25, 0.3) is 0 Å². The Hall–Kier alpha value is -4.02. The molecule has 4 N–H and O–H groups in total. The molecule has 14 nitrogen and oxygen atoms in total. The van der Waals surface area contributed by atoms with Gasteiger partial charge in [-0.1, -0.05) is 24.3 Å². The smallest absolute Gasteiger partial charge is 0.269 e. The van der Waals surface area contributed by atoms with Crippen LogP contribution in [0.15, 0.2) is 48.7 Å². The topological polar surface area (TPSA) is 185 Å². The number of carbonyl (C=O) groups excluding carboxylic acids is 2. The molecule has 2 saturated heterocycles. The number of hydrogen-bond acceptors (Lipinski definition) is 10. The predicted molar refractivity (Wildman–Crippen MR) is 175 cm³/mol. The fraction of sp³-hybridized carbons (Fsp3) is 0.500. The zero-order valence-electron chi connectivity index (χ0n) is 26.8. The van der Waals surface area contributed by atoms with Gasteiger partial charge in [-0.2, -0.15) is 0 Å². The van der Waals surface area contributed by atoms with Crippen LogP contribution in [0.3, 0.4) is 0 Å². The molecule has 3 aliphatic rings. The Balaban J connectivity index is 1.29. The van der Waals surface area contributed by atoms with E-state index in [2.05, 4.69) is 20.9 Å². The molecule has 1 spiro atoms. The first-order chi connectivity index (χ1) is 22.4. The average Bonchev–Trinajstić information content (AvgIpc) is 3.82. The summed E-state index contributed by atoms with van der Waals surface area (Å²) >= 11 is 0. The molecule has 2 aromatic carbocycles. The summed E-state index contributed by atoms with van der Waals surface area (Å²) < 4.78 is 8.45. The lowest BCUT2D eigenvalue weighted by molar-refractivity contribution is -0.385. The van der Waals surface area contributed by atoms with E-state index in [0.29, 0.717) is 42.0 Å². The quantitative estimate of drug-likeness (QED) is 0.135. The fourth-order valence-electron chi connectivity index (χ4n) is 7.56. The number of aryl methyl sites for hydroxylation is 1. The maximum Gasteiger partial charge on any atom is 0.269 e. The van der Waals surface area contributed by atoms with Crippen LogP contribution in [0.1, 0.15) is 43.0 Å². The number of nitro benzene ring substituents is 1. The van der Waals surface area contributed by atoms with Gasteiger partial charge >= 0.3 is 0 Å². The molecule has 0 saturated carbocycles. The molecule has 15 heteroatoms. The Labute approximate surface area is 273 Å². The maximum atomic E-state index is 14.7. The Bertz CT molecular complexity index is 1650. The second-order valence-corrected chi connectivity index (χ2v) is 17.3. The van der Waals surface area contributed by atoms with E-state index in [0.717, 1.165) is 24.9 Å². The predicted octanol–water partition coefficient (Wildman–Crippen LogP) is 2.85. The number of anilines is 2. The third-order valence-electron chi connectivity index (χ3n) is 9.71. The molecule has 3 aromatic rings. The summed E-state index contributed by atoms with van der Waals surface area (Å²) in [5, 5.41) is 35.5. The molecule has 2 amide bonds. The lowest BCUT2D eigenvalue weighted by Crippen LogP contribution is -2.46. The number of hydrogen-bond donors (Lipinski definition) is 4. The highest BCUT2D eigenvalue weighted by atomic mass is 28.4. The lowest BCUT2D eigenvalue weighted by atomic mass is 9.82. The number of amides is 2. The number of non-ortho nitro benzene ring substituents is 1. The molecular weight excluding hydrogens is 622 g/mol. The summed E-state index contributed by atoms with van der Waals surface area (Å²) in [6.07, 6.45) is 3.79. The van der Waals surface area contributed by atoms with E-state index in [9.17, 15) is 29.6 Å². The van der Waals surface area contributed by atoms with E-state index >= 15 is 0 Å². The fourth-order valence-corrected chi connectivity index (χ4v) is 10.2. The van der Waals surface area contributed by atoms with Crippen LogP contribution < -0.4 is 15.5 Å². The van der Waals surface area contributed by atoms with Crippen molar-refractivity contribution in [3.8, 4) is 0 Å². The number of fused-ring (bicyclic) bond motifs is 2. The van der Waals surface area contributed by atoms with Crippen molar-refractivity contribution in [2.45, 2.75) is 82.1 Å². The van der Waals surface area contributed by atoms with Crippen LogP contribution in [0.2, 0.25) is 18.6 Å². The van der Waals surface area contributed by atoms with Gasteiger partial charge in [-0.25, -0.2) is 0 Å². The highest BCUT2D eigenvalue weighted by Crippen LogP contribution is 2.60. The van der Waals surface area contributed by atoms with Crippen LogP contribution in [0.4, 0.5) is 17.1 Å². The van der Waals surface area contributed by atoms with Crippen LogP contribution in [0.5, 0.6) is 0 Å². The van der Waals surface area contributed by atoms with Crippen molar-refractivity contribution in [3.63, 3.8) is 0 Å². The Morgan fingerprint density at radius 1 is 1.26 bits per heavy atom. The van der Waals surface area contributed by atoms with Crippen LogP contribution in [-0.2, 0) is 39.4 Å². The normalized spacial score (nSPS) is 25.5. The molecule has 0 unspecified atom stereocenters. The maximum absolute atomic E-state index is 14.7. The molecule has 4 heterocycles. The van der Waals surface area contributed by atoms with Gasteiger partial charge in [0.1, 0.15) is 0 Å². The minimum absolute atomic E-state index is 0.0418. The van der Waals surface area contributed by atoms with Crippen molar-refractivity contribution < 1.29 is 29.2 Å². The van der Waals surface area contributed by atoms with Crippen molar-refractivity contribution >= 4 is 37.2 Å². The van der Waals surface area contributed by atoms with Crippen molar-refractivity contribution in [3.05, 3.63) is 75.6 Å². The van der Waals surface area contributed by atoms with Crippen LogP contribution in [-0.4, -0.2) is 75.2 Å². The summed E-state index contributed by atoms with van der Waals surface area (Å²) in [5.74, 6) is -0.898. The van der Waals surface area contributed by atoms with Crippen molar-refractivity contribution in [2.24, 2.45) is 5.92 Å². The number of carbonyl (C=O) groups is 2. The van der Waals surface area contributed by atoms with Crippen LogP contribution >= 0.6 is 0 Å². The van der Waals surface area contributed by atoms with Gasteiger partial charge in [0, 0.05) is 60.6 Å². The first-order valence-corrected chi connectivity index (χ1v) is 19.1. The van der Waals surface area contributed by atoms with Gasteiger partial charge in [0.05, 0.1) is 35.0 Å². The lowest BCUT2D eigenvalue weighted by Gasteiger charge is -2.32. The van der Waals surface area contributed by atoms with Gasteiger partial charge < -0.3 is 30.2 Å². The molecule has 5 atom stereocenters. The molecule has 6 rings (SSSR count). The van der Waals surface area contributed by atoms with Gasteiger partial charge in [-0.15, -0.1) is 5.10 Å². The molecular formula is C32H41N7O7Si. The molecule has 0 radical (unpaired) electrons. The first kappa shape index (κ1) is 32.9. The number of nitrogens with zero attached hydrogens (tertiary/aromatic N) is 5. The number of nitro groups is 1. The monoisotopic (exact) mass is 663 g/mol. The van der Waals surface area contributed by atoms with Gasteiger partial charge in [0.15, 0.2) is 13.9 Å². The third-order valence-corrected chi connectivity index (χ3v) is 12.2. The van der Waals surface area contributed by atoms with E-state index in [4.69, 9.17) is 4.74 Å². The molecule has 3 aliphatic heterocycles. The summed E-state index contributed by atoms with van der Waals surface area (Å²) in [4.78, 5) is 51.8. The summed E-state index contributed by atoms with van der Waals surface area (Å²) in [5.41, 5.74) is 1.02. The first-order valence-electron chi connectivity index (χ1n) is 16.1. The molecule has 2 fully saturated rings. The second kappa shape index (κ2) is 12.9. The molecule has 0 bridgehead atoms. The van der Waals surface area contributed by atoms with Gasteiger partial charge in [0.2, 0.25) is 5.91 Å². The summed E-state index contributed by atoms with van der Waals surface area (Å²) in [7, 11) is -2.95. The molecule has 1 aromatic heterocycles. The number of aliphatic hydroxyl groups excluding tert-OH is 1. The molecule has 250 valence electrons. The Morgan fingerprint density at radius 3 is 2.68 bits per heavy atom. The molecule has 47 heavy (non-hydrogen) atoms. The highest BCUT2D eigenvalue weighted by molar-refractivity contribution is 6.71. The number of benzene rings is 2. The van der Waals surface area contributed by atoms with E-state index in [1.807, 2.05) is 32.2 Å². The third kappa shape index (κ3) is 6.21. The number of nitrogens with one attached hydrogen (secondary N) is 2. The van der Waals surface area contributed by atoms with E-state index in [-0.39, 0.29) is 42.2 Å². The van der Waals surface area contributed by atoms with Gasteiger partial charge in [-0.05, 0) is 62.7 Å². The SMILES string of the molecule is C[C@@H]1[C@@H]([Si](C)(C)O)[C@H](CCn2cc(CCO)nn2)O[C@@]12C(=O)N(Cc1ccc(NC(=O)[C@H]3CCCN3)cc1)c1ccc([N+](=O)[O-])cc12. The minimum atomic E-state index is -2.95. The largest absolute Gasteiger partial charge is 0.432 e. The number of aromatic nitrogens is 3. The standard InChI is InChI=1S/C32H41N7O7Si/c1-20-29(47(2,3)45)28(12-15-37-19-23(13-16-40)35-36-37)46-32(20)25-17-24(39(43)44)10-11-27(25)38(31(32)42)18-21-6-8-22(9-7-21)34-30(41)26-5-4-14-33-26/h6-11,17,19-20,26,28-29,33,40,45H,4-5,12-16,18H2,1-3H3,(H,34,41)/t20-,26-,28+,29-,32+/m1/s1. The Kier molecular flexibility index (Phi) is 9.02. The number of aliphatic hydroxyl groups is 1. The summed E-state index contributed by atoms with van der Waals surface area (Å²) in [6.45, 7) is 6.92. The van der Waals surface area contributed by atoms with E-state index in [1.54, 1.807) is 34.0 Å². The van der Waals surface area contributed by atoms with Gasteiger partial charge in [0.25, 0.3) is 11.6 Å². The zero-order chi connectivity index (χ0) is 33.5. The van der Waals surface area contributed by atoms with Crippen molar-refractivity contribution in [1.29, 1.82) is 0 Å². The number of rotatable bonds is 11.